The fourth-order valence-electron chi connectivity index (χ4n) is 2.51. The number of pyridine rings is 1. The molecule has 29 heavy (non-hydrogen) atoms. The number of benzene rings is 1. The Bertz CT molecular complexity index is 1130. The van der Waals surface area contributed by atoms with Crippen LogP contribution < -0.4 is 11.2 Å². The highest BCUT2D eigenvalue weighted by Gasteiger charge is 2.16. The number of aromatic nitrogens is 6. The average molecular weight is 427 g/mol. The Labute approximate surface area is 174 Å². The van der Waals surface area contributed by atoms with Crippen LogP contribution in [0.25, 0.3) is 22.8 Å². The molecule has 0 saturated carbocycles. The number of aromatic amines is 1. The summed E-state index contributed by atoms with van der Waals surface area (Å²) in [5, 5.41) is 18.9. The lowest BCUT2D eigenvalue weighted by Crippen LogP contribution is -2.17. The third kappa shape index (κ3) is 4.39. The van der Waals surface area contributed by atoms with Crippen LogP contribution in [0.2, 0.25) is 5.02 Å². The first-order valence-electron chi connectivity index (χ1n) is 8.46. The van der Waals surface area contributed by atoms with Crippen LogP contribution in [0.3, 0.4) is 0 Å². The zero-order valence-electron chi connectivity index (χ0n) is 14.9. The van der Waals surface area contributed by atoms with Crippen molar-refractivity contribution in [1.29, 1.82) is 0 Å². The topological polar surface area (TPSA) is 127 Å². The van der Waals surface area contributed by atoms with E-state index >= 15 is 0 Å². The van der Waals surface area contributed by atoms with E-state index in [4.69, 9.17) is 17.4 Å². The fourth-order valence-corrected chi connectivity index (χ4v) is 3.28. The molecule has 0 aliphatic heterocycles. The van der Waals surface area contributed by atoms with E-state index in [1.54, 1.807) is 12.1 Å². The van der Waals surface area contributed by atoms with E-state index in [0.29, 0.717) is 27.5 Å². The lowest BCUT2D eigenvalue weighted by atomic mass is 10.1. The largest absolute Gasteiger partial charge is 0.335 e. The number of carbonyl (C=O) groups is 1. The van der Waals surface area contributed by atoms with Crippen LogP contribution >= 0.6 is 23.4 Å². The molecule has 0 atom stereocenters. The monoisotopic (exact) mass is 426 g/mol. The maximum absolute atomic E-state index is 12.1. The van der Waals surface area contributed by atoms with Crippen molar-refractivity contribution in [3.8, 4) is 22.8 Å². The first kappa shape index (κ1) is 19.0. The van der Waals surface area contributed by atoms with Crippen LogP contribution in [0.5, 0.6) is 0 Å². The number of hydrogen-bond donors (Lipinski definition) is 3. The second-order valence-corrected chi connectivity index (χ2v) is 7.29. The minimum Gasteiger partial charge on any atom is -0.335 e. The number of H-pyrrole nitrogens is 1. The maximum atomic E-state index is 12.1. The van der Waals surface area contributed by atoms with Crippen molar-refractivity contribution >= 4 is 35.1 Å². The zero-order chi connectivity index (χ0) is 20.2. The lowest BCUT2D eigenvalue weighted by Gasteiger charge is -2.04. The first-order valence-corrected chi connectivity index (χ1v) is 9.82. The van der Waals surface area contributed by atoms with Crippen LogP contribution in [-0.4, -0.2) is 41.7 Å². The Kier molecular flexibility index (Phi) is 5.45. The van der Waals surface area contributed by atoms with Gasteiger partial charge in [-0.15, -0.1) is 10.2 Å². The molecule has 146 valence electrons. The van der Waals surface area contributed by atoms with Gasteiger partial charge in [0.1, 0.15) is 11.5 Å². The number of amides is 1. The van der Waals surface area contributed by atoms with Gasteiger partial charge in [0.15, 0.2) is 0 Å². The molecule has 4 aromatic rings. The van der Waals surface area contributed by atoms with Crippen LogP contribution in [0.1, 0.15) is 0 Å². The molecular weight excluding hydrogens is 412 g/mol. The molecule has 0 aliphatic carbocycles. The summed E-state index contributed by atoms with van der Waals surface area (Å²) in [5.74, 6) is 6.79. The number of rotatable bonds is 6. The van der Waals surface area contributed by atoms with Crippen LogP contribution in [0.4, 0.5) is 5.82 Å². The van der Waals surface area contributed by atoms with Gasteiger partial charge < -0.3 is 11.2 Å². The van der Waals surface area contributed by atoms with Crippen molar-refractivity contribution in [2.75, 3.05) is 16.9 Å². The van der Waals surface area contributed by atoms with E-state index in [-0.39, 0.29) is 11.7 Å². The summed E-state index contributed by atoms with van der Waals surface area (Å²) in [6.45, 7) is 0. The summed E-state index contributed by atoms with van der Waals surface area (Å²) in [6, 6.07) is 14.9. The molecule has 0 radical (unpaired) electrons. The Morgan fingerprint density at radius 1 is 1.21 bits per heavy atom. The number of anilines is 1. The maximum Gasteiger partial charge on any atom is 0.236 e. The van der Waals surface area contributed by atoms with E-state index in [1.807, 2.05) is 36.4 Å². The van der Waals surface area contributed by atoms with Gasteiger partial charge in [-0.3, -0.25) is 9.89 Å². The summed E-state index contributed by atoms with van der Waals surface area (Å²) >= 11 is 6.94. The highest BCUT2D eigenvalue weighted by Crippen LogP contribution is 2.24. The normalized spacial score (nSPS) is 10.8. The van der Waals surface area contributed by atoms with Crippen molar-refractivity contribution in [3.63, 3.8) is 0 Å². The Morgan fingerprint density at radius 2 is 2.03 bits per heavy atom. The SMILES string of the molecule is Nn1c(SCC(=O)Nc2ccc(Cl)cn2)nnc1-c1cc(-c2ccccc2)n[nH]1. The lowest BCUT2D eigenvalue weighted by molar-refractivity contribution is -0.113. The highest BCUT2D eigenvalue weighted by atomic mass is 35.5. The number of nitrogens with zero attached hydrogens (tertiary/aromatic N) is 5. The Morgan fingerprint density at radius 3 is 2.79 bits per heavy atom. The smallest absolute Gasteiger partial charge is 0.236 e. The van der Waals surface area contributed by atoms with Gasteiger partial charge in [0.2, 0.25) is 16.9 Å². The molecule has 0 unspecified atom stereocenters. The van der Waals surface area contributed by atoms with Gasteiger partial charge in [-0.05, 0) is 18.2 Å². The van der Waals surface area contributed by atoms with Crippen molar-refractivity contribution in [3.05, 3.63) is 59.8 Å². The molecule has 0 bridgehead atoms. The minimum absolute atomic E-state index is 0.0951. The van der Waals surface area contributed by atoms with Crippen molar-refractivity contribution in [1.82, 2.24) is 30.1 Å². The summed E-state index contributed by atoms with van der Waals surface area (Å²) in [7, 11) is 0. The molecule has 1 amide bonds. The predicted octanol–water partition coefficient (Wildman–Crippen LogP) is 2.83. The van der Waals surface area contributed by atoms with Crippen LogP contribution in [-0.2, 0) is 4.79 Å². The van der Waals surface area contributed by atoms with Gasteiger partial charge in [-0.1, -0.05) is 53.7 Å². The van der Waals surface area contributed by atoms with Gasteiger partial charge in [-0.25, -0.2) is 9.66 Å². The molecule has 0 saturated heterocycles. The minimum atomic E-state index is -0.248. The summed E-state index contributed by atoms with van der Waals surface area (Å²) < 4.78 is 1.32. The molecule has 0 spiro atoms. The fraction of sp³-hybridized carbons (Fsp3) is 0.0556. The van der Waals surface area contributed by atoms with Gasteiger partial charge in [0, 0.05) is 11.8 Å². The molecule has 9 nitrogen and oxygen atoms in total. The Hall–Kier alpha value is -3.37. The van der Waals surface area contributed by atoms with E-state index in [2.05, 4.69) is 30.7 Å². The first-order chi connectivity index (χ1) is 14.1. The Balaban J connectivity index is 1.42. The van der Waals surface area contributed by atoms with E-state index < -0.39 is 0 Å². The van der Waals surface area contributed by atoms with E-state index in [9.17, 15) is 4.79 Å². The molecule has 3 aromatic heterocycles. The number of hydrogen-bond acceptors (Lipinski definition) is 7. The highest BCUT2D eigenvalue weighted by molar-refractivity contribution is 7.99. The number of thioether (sulfide) groups is 1. The van der Waals surface area contributed by atoms with E-state index in [1.165, 1.54) is 10.9 Å². The molecular formula is C18H15ClN8OS. The zero-order valence-corrected chi connectivity index (χ0v) is 16.5. The molecule has 0 fully saturated rings. The number of nitrogens with one attached hydrogen (secondary N) is 2. The van der Waals surface area contributed by atoms with E-state index in [0.717, 1.165) is 23.0 Å². The molecule has 4 N–H and O–H groups in total. The van der Waals surface area contributed by atoms with Crippen LogP contribution in [0, 0.1) is 0 Å². The van der Waals surface area contributed by atoms with Crippen LogP contribution in [0.15, 0.2) is 59.9 Å². The molecule has 4 rings (SSSR count). The number of nitrogens with two attached hydrogens (primary N) is 1. The van der Waals surface area contributed by atoms with Gasteiger partial charge in [-0.2, -0.15) is 5.10 Å². The molecule has 0 aliphatic rings. The number of nitrogen functional groups attached to an aromatic ring is 1. The van der Waals surface area contributed by atoms with Crippen molar-refractivity contribution < 1.29 is 4.79 Å². The van der Waals surface area contributed by atoms with Crippen molar-refractivity contribution in [2.45, 2.75) is 5.16 Å². The number of carbonyl (C=O) groups excluding carboxylic acids is 1. The second-order valence-electron chi connectivity index (χ2n) is 5.91. The summed E-state index contributed by atoms with van der Waals surface area (Å²) in [4.78, 5) is 16.1. The van der Waals surface area contributed by atoms with Gasteiger partial charge in [0.05, 0.1) is 16.5 Å². The summed E-state index contributed by atoms with van der Waals surface area (Å²) in [5.41, 5.74) is 2.37. The molecule has 11 heteroatoms. The predicted molar refractivity (Wildman–Crippen MR) is 112 cm³/mol. The standard InChI is InChI=1S/C18H15ClN8OS/c19-12-6-7-15(21-9-12)22-16(28)10-29-18-26-25-17(27(18)20)14-8-13(23-24-14)11-4-2-1-3-5-11/h1-9H,10,20H2,(H,23,24)(H,21,22,28). The molecule has 3 heterocycles. The van der Waals surface area contributed by atoms with Gasteiger partial charge in [0.25, 0.3) is 0 Å². The third-order valence-corrected chi connectivity index (χ3v) is 5.05. The number of halogens is 1. The third-order valence-electron chi connectivity index (χ3n) is 3.88. The molecule has 1 aromatic carbocycles. The summed E-state index contributed by atoms with van der Waals surface area (Å²) in [6.07, 6.45) is 1.46. The quantitative estimate of drug-likeness (QED) is 0.319. The average Bonchev–Trinajstić information content (AvgIpc) is 3.36. The van der Waals surface area contributed by atoms with Gasteiger partial charge >= 0.3 is 0 Å². The van der Waals surface area contributed by atoms with Crippen molar-refractivity contribution in [2.24, 2.45) is 0 Å². The second kappa shape index (κ2) is 8.33.